The van der Waals surface area contributed by atoms with Gasteiger partial charge in [-0.25, -0.2) is 4.98 Å². The number of imidazole rings is 1. The molecule has 2 N–H and O–H groups in total. The SMILES string of the molecule is COc1cc(C(=O)N2C[C@@]3(CN)CCC23)cc2nc(-c3cc4cc(/C=C/c5ccccc5)ccc4n3CC3CC3)n(C)c12. The quantitative estimate of drug-likeness (QED) is 0.220. The molecule has 3 aromatic carbocycles. The van der Waals surface area contributed by atoms with E-state index in [1.807, 2.05) is 30.1 Å². The van der Waals surface area contributed by atoms with Crippen LogP contribution < -0.4 is 10.5 Å². The molecule has 7 heteroatoms. The van der Waals surface area contributed by atoms with Gasteiger partial charge in [0.05, 0.1) is 18.3 Å². The minimum Gasteiger partial charge on any atom is -0.494 e. The number of methoxy groups -OCH3 is 1. The fraction of sp³-hybridized carbons (Fsp3) is 0.333. The van der Waals surface area contributed by atoms with Gasteiger partial charge >= 0.3 is 0 Å². The predicted molar refractivity (Wildman–Crippen MR) is 172 cm³/mol. The van der Waals surface area contributed by atoms with Gasteiger partial charge in [-0.2, -0.15) is 0 Å². The molecule has 43 heavy (non-hydrogen) atoms. The normalized spacial score (nSPS) is 21.3. The van der Waals surface area contributed by atoms with Crippen LogP contribution in [-0.4, -0.2) is 51.2 Å². The average Bonchev–Trinajstić information content (AvgIpc) is 3.70. The lowest BCUT2D eigenvalue weighted by atomic mass is 9.57. The summed E-state index contributed by atoms with van der Waals surface area (Å²) in [5, 5.41) is 1.20. The number of amides is 1. The van der Waals surface area contributed by atoms with Crippen molar-refractivity contribution in [3.05, 3.63) is 83.4 Å². The Kier molecular flexibility index (Phi) is 6.02. The number of nitrogens with two attached hydrogens (primary N) is 1. The van der Waals surface area contributed by atoms with E-state index in [0.29, 0.717) is 23.8 Å². The third-order valence-electron chi connectivity index (χ3n) is 10.1. The first-order chi connectivity index (χ1) is 21.0. The van der Waals surface area contributed by atoms with Gasteiger partial charge in [-0.15, -0.1) is 0 Å². The molecule has 2 aliphatic carbocycles. The molecule has 5 aromatic rings. The van der Waals surface area contributed by atoms with E-state index in [1.54, 1.807) is 7.11 Å². The Balaban J connectivity index is 1.19. The summed E-state index contributed by atoms with van der Waals surface area (Å²) in [6.45, 7) is 2.36. The van der Waals surface area contributed by atoms with Crippen LogP contribution in [0, 0.1) is 11.3 Å². The molecule has 1 saturated heterocycles. The van der Waals surface area contributed by atoms with Crippen LogP contribution >= 0.6 is 0 Å². The summed E-state index contributed by atoms with van der Waals surface area (Å²) in [7, 11) is 3.71. The summed E-state index contributed by atoms with van der Waals surface area (Å²) in [6, 6.07) is 23.4. The molecule has 2 saturated carbocycles. The lowest BCUT2D eigenvalue weighted by molar-refractivity contribution is -0.117. The molecule has 7 nitrogen and oxygen atoms in total. The van der Waals surface area contributed by atoms with Gasteiger partial charge in [-0.1, -0.05) is 48.6 Å². The van der Waals surface area contributed by atoms with E-state index in [0.717, 1.165) is 54.0 Å². The third kappa shape index (κ3) is 4.20. The Morgan fingerprint density at radius 3 is 2.56 bits per heavy atom. The van der Waals surface area contributed by atoms with E-state index in [9.17, 15) is 4.79 Å². The number of benzene rings is 3. The maximum absolute atomic E-state index is 13.6. The predicted octanol–water partition coefficient (Wildman–Crippen LogP) is 6.35. The number of fused-ring (bicyclic) bond motifs is 3. The summed E-state index contributed by atoms with van der Waals surface area (Å²) >= 11 is 0. The molecule has 2 atom stereocenters. The number of piperidine rings is 1. The Hall–Kier alpha value is -4.36. The van der Waals surface area contributed by atoms with Gasteiger partial charge in [0.25, 0.3) is 5.91 Å². The number of hydrogen-bond acceptors (Lipinski definition) is 4. The molecule has 0 spiro atoms. The average molecular weight is 572 g/mol. The van der Waals surface area contributed by atoms with E-state index in [2.05, 4.69) is 69.8 Å². The fourth-order valence-electron chi connectivity index (χ4n) is 7.28. The van der Waals surface area contributed by atoms with Gasteiger partial charge < -0.3 is 24.5 Å². The highest BCUT2D eigenvalue weighted by Gasteiger charge is 2.59. The standard InChI is InChI=1S/C36H37N5O2/c1-39-33-28(17-27(19-31(33)43-2)35(42)41-22-36(21-37)15-14-32(36)41)38-34(39)30-18-26-16-24(9-8-23-6-4-3-5-7-23)12-13-29(26)40(30)20-25-10-11-25/h3-9,12-13,16-19,25,32H,10-11,14-15,20-22,37H2,1-2H3/b9-8+/t32?,36-/m0/s1. The van der Waals surface area contributed by atoms with Crippen molar-refractivity contribution in [1.29, 1.82) is 0 Å². The van der Waals surface area contributed by atoms with Crippen LogP contribution in [0.2, 0.25) is 0 Å². The van der Waals surface area contributed by atoms with Gasteiger partial charge in [-0.3, -0.25) is 4.79 Å². The number of ether oxygens (including phenoxy) is 1. The zero-order chi connectivity index (χ0) is 29.3. The Morgan fingerprint density at radius 2 is 1.86 bits per heavy atom. The van der Waals surface area contributed by atoms with Crippen molar-refractivity contribution in [3.63, 3.8) is 0 Å². The maximum Gasteiger partial charge on any atom is 0.254 e. The zero-order valence-electron chi connectivity index (χ0n) is 24.8. The first-order valence-electron chi connectivity index (χ1n) is 15.4. The minimum atomic E-state index is 0.0418. The molecule has 0 bridgehead atoms. The van der Waals surface area contributed by atoms with Crippen molar-refractivity contribution in [3.8, 4) is 17.3 Å². The lowest BCUT2D eigenvalue weighted by Crippen LogP contribution is -2.74. The van der Waals surface area contributed by atoms with E-state index in [1.165, 1.54) is 29.3 Å². The van der Waals surface area contributed by atoms with Crippen LogP contribution in [0.4, 0.5) is 0 Å². The van der Waals surface area contributed by atoms with Crippen molar-refractivity contribution in [2.45, 2.75) is 38.3 Å². The summed E-state index contributed by atoms with van der Waals surface area (Å²) in [5.41, 5.74) is 13.1. The molecule has 8 rings (SSSR count). The third-order valence-corrected chi connectivity index (χ3v) is 10.1. The number of carbonyl (C=O) groups is 1. The van der Waals surface area contributed by atoms with Crippen LogP contribution in [0.1, 0.15) is 47.2 Å². The molecule has 1 aliphatic heterocycles. The second-order valence-corrected chi connectivity index (χ2v) is 12.7. The molecule has 2 aromatic heterocycles. The molecular weight excluding hydrogens is 534 g/mol. The van der Waals surface area contributed by atoms with Crippen LogP contribution in [0.3, 0.4) is 0 Å². The molecule has 3 aliphatic rings. The van der Waals surface area contributed by atoms with Crippen molar-refractivity contribution < 1.29 is 9.53 Å². The van der Waals surface area contributed by atoms with Crippen molar-refractivity contribution in [2.75, 3.05) is 20.2 Å². The number of carbonyl (C=O) groups excluding carboxylic acids is 1. The molecular formula is C36H37N5O2. The summed E-state index contributed by atoms with van der Waals surface area (Å²) in [6.07, 6.45) is 9.00. The summed E-state index contributed by atoms with van der Waals surface area (Å²) in [4.78, 5) is 20.7. The molecule has 218 valence electrons. The fourth-order valence-corrected chi connectivity index (χ4v) is 7.28. The highest BCUT2D eigenvalue weighted by Crippen LogP contribution is 2.53. The largest absolute Gasteiger partial charge is 0.494 e. The highest BCUT2D eigenvalue weighted by molar-refractivity contribution is 6.01. The molecule has 1 amide bonds. The number of rotatable bonds is 8. The van der Waals surface area contributed by atoms with Crippen molar-refractivity contribution >= 4 is 40.0 Å². The summed E-state index contributed by atoms with van der Waals surface area (Å²) < 4.78 is 10.4. The second kappa shape index (κ2) is 9.85. The second-order valence-electron chi connectivity index (χ2n) is 12.7. The first-order valence-corrected chi connectivity index (χ1v) is 15.4. The van der Waals surface area contributed by atoms with Crippen LogP contribution in [0.25, 0.3) is 45.6 Å². The van der Waals surface area contributed by atoms with Crippen molar-refractivity contribution in [1.82, 2.24) is 19.0 Å². The molecule has 1 unspecified atom stereocenters. The van der Waals surface area contributed by atoms with Crippen LogP contribution in [0.15, 0.2) is 66.7 Å². The first kappa shape index (κ1) is 26.3. The molecule has 0 radical (unpaired) electrons. The van der Waals surface area contributed by atoms with Gasteiger partial charge in [0.2, 0.25) is 0 Å². The zero-order valence-corrected chi connectivity index (χ0v) is 24.8. The maximum atomic E-state index is 13.6. The molecule has 3 heterocycles. The Bertz CT molecular complexity index is 1910. The number of nitrogens with zero attached hydrogens (tertiary/aromatic N) is 4. The van der Waals surface area contributed by atoms with E-state index < -0.39 is 0 Å². The highest BCUT2D eigenvalue weighted by atomic mass is 16.5. The number of likely N-dealkylation sites (tertiary alicyclic amines) is 1. The van der Waals surface area contributed by atoms with Gasteiger partial charge in [-0.05, 0) is 73.1 Å². The number of hydrogen-bond donors (Lipinski definition) is 1. The van der Waals surface area contributed by atoms with Gasteiger partial charge in [0.15, 0.2) is 5.82 Å². The van der Waals surface area contributed by atoms with E-state index in [-0.39, 0.29) is 17.4 Å². The van der Waals surface area contributed by atoms with Gasteiger partial charge in [0.1, 0.15) is 11.3 Å². The Labute approximate surface area is 251 Å². The van der Waals surface area contributed by atoms with Gasteiger partial charge in [0, 0.05) is 54.6 Å². The number of aryl methyl sites for hydroxylation is 1. The van der Waals surface area contributed by atoms with Crippen LogP contribution in [0.5, 0.6) is 5.75 Å². The van der Waals surface area contributed by atoms with Crippen molar-refractivity contribution in [2.24, 2.45) is 24.1 Å². The topological polar surface area (TPSA) is 78.3 Å². The Morgan fingerprint density at radius 1 is 1.05 bits per heavy atom. The smallest absolute Gasteiger partial charge is 0.254 e. The van der Waals surface area contributed by atoms with E-state index >= 15 is 0 Å². The van der Waals surface area contributed by atoms with Crippen LogP contribution in [-0.2, 0) is 13.6 Å². The van der Waals surface area contributed by atoms with E-state index in [4.69, 9.17) is 15.5 Å². The monoisotopic (exact) mass is 571 g/mol. The number of aromatic nitrogens is 3. The lowest BCUT2D eigenvalue weighted by Gasteiger charge is -2.64. The minimum absolute atomic E-state index is 0.0418. The summed E-state index contributed by atoms with van der Waals surface area (Å²) in [5.74, 6) is 2.28. The molecule has 3 fully saturated rings.